The fourth-order valence-electron chi connectivity index (χ4n) is 2.17. The van der Waals surface area contributed by atoms with Crippen LogP contribution in [0.4, 0.5) is 5.13 Å². The van der Waals surface area contributed by atoms with Gasteiger partial charge in [0.1, 0.15) is 0 Å². The van der Waals surface area contributed by atoms with E-state index >= 15 is 0 Å². The molecule has 24 heavy (non-hydrogen) atoms. The van der Waals surface area contributed by atoms with Crippen molar-refractivity contribution in [3.8, 4) is 0 Å². The van der Waals surface area contributed by atoms with Crippen molar-refractivity contribution in [2.75, 3.05) is 51.3 Å². The molecular formula is C15H25N5O2S2. The van der Waals surface area contributed by atoms with Crippen molar-refractivity contribution in [3.63, 3.8) is 0 Å². The third-order valence-corrected chi connectivity index (χ3v) is 5.57. The zero-order chi connectivity index (χ0) is 17.2. The molecule has 134 valence electrons. The van der Waals surface area contributed by atoms with Gasteiger partial charge in [0.15, 0.2) is 4.34 Å². The Morgan fingerprint density at radius 1 is 1.50 bits per heavy atom. The number of hydrogen-bond donors (Lipinski definition) is 2. The van der Waals surface area contributed by atoms with E-state index < -0.39 is 0 Å². The van der Waals surface area contributed by atoms with Gasteiger partial charge in [0.2, 0.25) is 11.0 Å². The van der Waals surface area contributed by atoms with Crippen LogP contribution in [-0.4, -0.2) is 72.2 Å². The number of carbonyl (C=O) groups is 1. The van der Waals surface area contributed by atoms with Crippen molar-refractivity contribution >= 4 is 34.1 Å². The topological polar surface area (TPSA) is 79.4 Å². The molecule has 2 rings (SSSR count). The SMILES string of the molecule is C=CCNC(=O)[C@@H](C)Sc1nnc(NCCCN2CCOCC2)s1. The van der Waals surface area contributed by atoms with Gasteiger partial charge in [-0.05, 0) is 19.9 Å². The van der Waals surface area contributed by atoms with Crippen LogP contribution in [0.1, 0.15) is 13.3 Å². The number of thioether (sulfide) groups is 1. The van der Waals surface area contributed by atoms with Gasteiger partial charge in [0, 0.05) is 26.2 Å². The second-order valence-corrected chi connectivity index (χ2v) is 7.97. The van der Waals surface area contributed by atoms with Crippen LogP contribution in [0.15, 0.2) is 17.0 Å². The molecule has 2 N–H and O–H groups in total. The van der Waals surface area contributed by atoms with E-state index in [2.05, 4.69) is 32.3 Å². The first-order chi connectivity index (χ1) is 11.7. The lowest BCUT2D eigenvalue weighted by atomic mass is 10.3. The van der Waals surface area contributed by atoms with E-state index in [4.69, 9.17) is 4.74 Å². The van der Waals surface area contributed by atoms with Crippen LogP contribution in [0, 0.1) is 0 Å². The van der Waals surface area contributed by atoms with E-state index in [0.717, 1.165) is 55.3 Å². The van der Waals surface area contributed by atoms with Crippen molar-refractivity contribution in [1.82, 2.24) is 20.4 Å². The lowest BCUT2D eigenvalue weighted by Gasteiger charge is -2.26. The van der Waals surface area contributed by atoms with Crippen molar-refractivity contribution in [3.05, 3.63) is 12.7 Å². The summed E-state index contributed by atoms with van der Waals surface area (Å²) in [6, 6.07) is 0. The standard InChI is InChI=1S/C15H25N5O2S2/c1-3-5-16-13(21)12(2)23-15-19-18-14(24-15)17-6-4-7-20-8-10-22-11-9-20/h3,12H,1,4-11H2,2H3,(H,16,21)(H,17,18)/t12-/m1/s1. The smallest absolute Gasteiger partial charge is 0.233 e. The molecule has 1 amide bonds. The number of ether oxygens (including phenoxy) is 1. The van der Waals surface area contributed by atoms with E-state index in [-0.39, 0.29) is 11.2 Å². The molecule has 0 saturated carbocycles. The molecular weight excluding hydrogens is 346 g/mol. The van der Waals surface area contributed by atoms with Crippen LogP contribution in [0.2, 0.25) is 0 Å². The van der Waals surface area contributed by atoms with Gasteiger partial charge in [-0.3, -0.25) is 9.69 Å². The normalized spacial score (nSPS) is 16.5. The highest BCUT2D eigenvalue weighted by Crippen LogP contribution is 2.28. The Morgan fingerprint density at radius 3 is 3.04 bits per heavy atom. The van der Waals surface area contributed by atoms with Gasteiger partial charge in [-0.15, -0.1) is 16.8 Å². The average molecular weight is 372 g/mol. The van der Waals surface area contributed by atoms with Crippen LogP contribution in [0.5, 0.6) is 0 Å². The number of rotatable bonds is 10. The summed E-state index contributed by atoms with van der Waals surface area (Å²) in [7, 11) is 0. The number of carbonyl (C=O) groups excluding carboxylic acids is 1. The van der Waals surface area contributed by atoms with Crippen LogP contribution in [-0.2, 0) is 9.53 Å². The zero-order valence-corrected chi connectivity index (χ0v) is 15.6. The Morgan fingerprint density at radius 2 is 2.29 bits per heavy atom. The number of morpholine rings is 1. The molecule has 1 aliphatic rings. The second-order valence-electron chi connectivity index (χ2n) is 5.40. The minimum absolute atomic E-state index is 0.0184. The van der Waals surface area contributed by atoms with Crippen molar-refractivity contribution in [2.24, 2.45) is 0 Å². The number of hydrogen-bond acceptors (Lipinski definition) is 8. The fraction of sp³-hybridized carbons (Fsp3) is 0.667. The highest BCUT2D eigenvalue weighted by molar-refractivity contribution is 8.02. The first-order valence-corrected chi connectivity index (χ1v) is 9.81. The summed E-state index contributed by atoms with van der Waals surface area (Å²) in [6.45, 7) is 11.6. The van der Waals surface area contributed by atoms with E-state index in [1.54, 1.807) is 6.08 Å². The predicted octanol–water partition coefficient (Wildman–Crippen LogP) is 1.46. The third-order valence-electron chi connectivity index (χ3n) is 3.50. The minimum atomic E-state index is -0.202. The molecule has 0 radical (unpaired) electrons. The van der Waals surface area contributed by atoms with Gasteiger partial charge in [-0.25, -0.2) is 0 Å². The Hall–Kier alpha value is -1.16. The molecule has 1 aromatic heterocycles. The first kappa shape index (κ1) is 19.2. The maximum Gasteiger partial charge on any atom is 0.233 e. The molecule has 0 spiro atoms. The summed E-state index contributed by atoms with van der Waals surface area (Å²) in [5, 5.41) is 14.9. The number of anilines is 1. The van der Waals surface area contributed by atoms with Crippen LogP contribution < -0.4 is 10.6 Å². The Balaban J connectivity index is 1.64. The van der Waals surface area contributed by atoms with E-state index in [1.807, 2.05) is 6.92 Å². The van der Waals surface area contributed by atoms with Crippen LogP contribution in [0.25, 0.3) is 0 Å². The van der Waals surface area contributed by atoms with Gasteiger partial charge in [-0.1, -0.05) is 29.2 Å². The average Bonchev–Trinajstić information content (AvgIpc) is 3.04. The number of aromatic nitrogens is 2. The monoisotopic (exact) mass is 371 g/mol. The molecule has 1 aromatic rings. The second kappa shape index (κ2) is 10.7. The van der Waals surface area contributed by atoms with Gasteiger partial charge in [-0.2, -0.15) is 0 Å². The maximum atomic E-state index is 11.8. The molecule has 0 aromatic carbocycles. The van der Waals surface area contributed by atoms with Gasteiger partial charge >= 0.3 is 0 Å². The van der Waals surface area contributed by atoms with Crippen molar-refractivity contribution in [2.45, 2.75) is 22.9 Å². The van der Waals surface area contributed by atoms with Crippen molar-refractivity contribution in [1.29, 1.82) is 0 Å². The molecule has 9 heteroatoms. The number of nitrogens with one attached hydrogen (secondary N) is 2. The van der Waals surface area contributed by atoms with Crippen LogP contribution >= 0.6 is 23.1 Å². The quantitative estimate of drug-likeness (QED) is 0.366. The molecule has 0 unspecified atom stereocenters. The molecule has 1 aliphatic heterocycles. The Kier molecular flexibility index (Phi) is 8.51. The molecule has 2 heterocycles. The highest BCUT2D eigenvalue weighted by Gasteiger charge is 2.16. The summed E-state index contributed by atoms with van der Waals surface area (Å²) in [5.41, 5.74) is 0. The summed E-state index contributed by atoms with van der Waals surface area (Å²) < 4.78 is 6.14. The largest absolute Gasteiger partial charge is 0.379 e. The molecule has 0 bridgehead atoms. The fourth-order valence-corrected chi connectivity index (χ4v) is 4.12. The van der Waals surface area contributed by atoms with Gasteiger partial charge in [0.05, 0.1) is 18.5 Å². The predicted molar refractivity (Wildman–Crippen MR) is 98.8 cm³/mol. The van der Waals surface area contributed by atoms with E-state index in [0.29, 0.717) is 6.54 Å². The molecule has 7 nitrogen and oxygen atoms in total. The van der Waals surface area contributed by atoms with E-state index in [9.17, 15) is 4.79 Å². The molecule has 1 fully saturated rings. The summed E-state index contributed by atoms with van der Waals surface area (Å²) in [4.78, 5) is 14.2. The third kappa shape index (κ3) is 6.76. The summed E-state index contributed by atoms with van der Waals surface area (Å²) in [5.74, 6) is -0.0184. The lowest BCUT2D eigenvalue weighted by Crippen LogP contribution is -2.37. The minimum Gasteiger partial charge on any atom is -0.379 e. The molecule has 1 saturated heterocycles. The Bertz CT molecular complexity index is 520. The summed E-state index contributed by atoms with van der Waals surface area (Å²) >= 11 is 2.91. The maximum absolute atomic E-state index is 11.8. The Labute approximate surface area is 151 Å². The van der Waals surface area contributed by atoms with Crippen molar-refractivity contribution < 1.29 is 9.53 Å². The highest BCUT2D eigenvalue weighted by atomic mass is 32.2. The molecule has 0 aliphatic carbocycles. The van der Waals surface area contributed by atoms with Gasteiger partial charge in [0.25, 0.3) is 0 Å². The van der Waals surface area contributed by atoms with Crippen LogP contribution in [0.3, 0.4) is 0 Å². The number of nitrogens with zero attached hydrogens (tertiary/aromatic N) is 3. The van der Waals surface area contributed by atoms with E-state index in [1.165, 1.54) is 23.1 Å². The summed E-state index contributed by atoms with van der Waals surface area (Å²) in [6.07, 6.45) is 2.72. The first-order valence-electron chi connectivity index (χ1n) is 8.12. The molecule has 1 atom stereocenters. The number of amides is 1. The van der Waals surface area contributed by atoms with Gasteiger partial charge < -0.3 is 15.4 Å². The lowest BCUT2D eigenvalue weighted by molar-refractivity contribution is -0.120. The zero-order valence-electron chi connectivity index (χ0n) is 14.0.